The minimum absolute atomic E-state index is 0.000954. The van der Waals surface area contributed by atoms with E-state index in [1.165, 1.54) is 7.11 Å². The summed E-state index contributed by atoms with van der Waals surface area (Å²) in [6, 6.07) is -0.148. The zero-order valence-electron chi connectivity index (χ0n) is 24.6. The molecule has 4 aliphatic heterocycles. The number of nitrogens with one attached hydrogen (secondary N) is 2. The zero-order valence-corrected chi connectivity index (χ0v) is 24.6. The number of rotatable bonds is 5. The SMILES string of the molecule is CC[C@H]1/C2=C/C3=CC4C(=O)C/C(=C5N=C(/C=c6\[nH]/c(c(C(C)=O)c6C)=C\C(=N2)[C@@H]1C)[C@@H](C)[C@@H]/5CCC(=O)OC)C4N3. The van der Waals surface area contributed by atoms with Crippen molar-refractivity contribution < 1.29 is 19.1 Å². The first kappa shape index (κ1) is 27.4. The van der Waals surface area contributed by atoms with E-state index in [4.69, 9.17) is 14.7 Å². The second-order valence-electron chi connectivity index (χ2n) is 12.1. The van der Waals surface area contributed by atoms with Crippen LogP contribution in [0.2, 0.25) is 0 Å². The molecule has 5 heterocycles. The highest BCUT2D eigenvalue weighted by Crippen LogP contribution is 2.44. The number of methoxy groups -OCH3 is 1. The summed E-state index contributed by atoms with van der Waals surface area (Å²) in [6.07, 6.45) is 10.3. The van der Waals surface area contributed by atoms with Gasteiger partial charge in [0.1, 0.15) is 5.78 Å². The van der Waals surface area contributed by atoms with Gasteiger partial charge in [-0.15, -0.1) is 0 Å². The summed E-state index contributed by atoms with van der Waals surface area (Å²) in [5, 5.41) is 5.25. The predicted molar refractivity (Wildman–Crippen MR) is 159 cm³/mol. The highest BCUT2D eigenvalue weighted by Gasteiger charge is 2.45. The summed E-state index contributed by atoms with van der Waals surface area (Å²) in [7, 11) is 1.41. The van der Waals surface area contributed by atoms with E-state index in [-0.39, 0.29) is 59.6 Å². The van der Waals surface area contributed by atoms with E-state index in [1.807, 2.05) is 25.2 Å². The Balaban J connectivity index is 1.59. The number of fused-ring (bicyclic) bond motifs is 5. The van der Waals surface area contributed by atoms with Crippen molar-refractivity contribution in [3.05, 3.63) is 56.6 Å². The van der Waals surface area contributed by atoms with E-state index in [1.54, 1.807) is 6.92 Å². The van der Waals surface area contributed by atoms with Crippen molar-refractivity contribution in [3.63, 3.8) is 0 Å². The van der Waals surface area contributed by atoms with Crippen LogP contribution in [-0.2, 0) is 14.3 Å². The molecule has 1 aromatic rings. The third-order valence-electron chi connectivity index (χ3n) is 9.74. The number of esters is 1. The normalized spacial score (nSPS) is 34.4. The van der Waals surface area contributed by atoms with Gasteiger partial charge in [0.2, 0.25) is 0 Å². The topological polar surface area (TPSA) is 113 Å². The molecule has 8 nitrogen and oxygen atoms in total. The second-order valence-corrected chi connectivity index (χ2v) is 12.1. The molecule has 0 amide bonds. The van der Waals surface area contributed by atoms with E-state index in [2.05, 4.69) is 37.1 Å². The fourth-order valence-corrected chi connectivity index (χ4v) is 7.41. The van der Waals surface area contributed by atoms with Gasteiger partial charge in [-0.2, -0.15) is 0 Å². The number of hydrogen-bond donors (Lipinski definition) is 2. The number of aromatic nitrogens is 1. The van der Waals surface area contributed by atoms with Gasteiger partial charge in [-0.25, -0.2) is 0 Å². The van der Waals surface area contributed by atoms with Crippen LogP contribution in [0.4, 0.5) is 0 Å². The summed E-state index contributed by atoms with van der Waals surface area (Å²) in [4.78, 5) is 52.0. The molecule has 1 aliphatic carbocycles. The van der Waals surface area contributed by atoms with E-state index in [0.717, 1.165) is 56.8 Å². The van der Waals surface area contributed by atoms with Crippen LogP contribution < -0.4 is 16.0 Å². The summed E-state index contributed by atoms with van der Waals surface area (Å²) in [6.45, 7) is 10.1. The first-order chi connectivity index (χ1) is 19.6. The molecule has 0 radical (unpaired) electrons. The molecule has 8 bridgehead atoms. The van der Waals surface area contributed by atoms with E-state index < -0.39 is 0 Å². The van der Waals surface area contributed by atoms with Crippen LogP contribution in [0.3, 0.4) is 0 Å². The Morgan fingerprint density at radius 2 is 1.76 bits per heavy atom. The smallest absolute Gasteiger partial charge is 0.305 e. The third-order valence-corrected chi connectivity index (χ3v) is 9.74. The van der Waals surface area contributed by atoms with Crippen molar-refractivity contribution in [2.24, 2.45) is 39.6 Å². The third kappa shape index (κ3) is 4.48. The number of carbonyl (C=O) groups excluding carboxylic acids is 3. The molecule has 0 saturated heterocycles. The number of aliphatic imine (C=N–C) groups is 2. The highest BCUT2D eigenvalue weighted by atomic mass is 16.5. The van der Waals surface area contributed by atoms with E-state index >= 15 is 0 Å². The Morgan fingerprint density at radius 1 is 1.05 bits per heavy atom. The molecule has 1 aromatic heterocycles. The van der Waals surface area contributed by atoms with Crippen LogP contribution in [0.1, 0.15) is 69.3 Å². The largest absolute Gasteiger partial charge is 0.469 e. The Labute approximate surface area is 240 Å². The lowest BCUT2D eigenvalue weighted by Gasteiger charge is -2.21. The van der Waals surface area contributed by atoms with E-state index in [0.29, 0.717) is 18.4 Å². The summed E-state index contributed by atoms with van der Waals surface area (Å²) in [5.41, 5.74) is 7.19. The first-order valence-electron chi connectivity index (χ1n) is 14.7. The van der Waals surface area contributed by atoms with Gasteiger partial charge in [0.25, 0.3) is 0 Å². The second kappa shape index (κ2) is 10.2. The predicted octanol–water partition coefficient (Wildman–Crippen LogP) is 3.46. The molecule has 5 aliphatic rings. The van der Waals surface area contributed by atoms with Gasteiger partial charge < -0.3 is 15.0 Å². The number of ether oxygens (including phenoxy) is 1. The Kier molecular flexibility index (Phi) is 6.83. The fraction of sp³-hybridized carbons (Fsp3) is 0.485. The minimum Gasteiger partial charge on any atom is -0.469 e. The van der Waals surface area contributed by atoms with Crippen molar-refractivity contribution in [3.8, 4) is 0 Å². The zero-order chi connectivity index (χ0) is 29.2. The van der Waals surface area contributed by atoms with Gasteiger partial charge in [-0.1, -0.05) is 20.8 Å². The Hall–Kier alpha value is -3.81. The van der Waals surface area contributed by atoms with Gasteiger partial charge in [-0.05, 0) is 62.1 Å². The lowest BCUT2D eigenvalue weighted by atomic mass is 9.84. The fourth-order valence-electron chi connectivity index (χ4n) is 7.41. The van der Waals surface area contributed by atoms with Gasteiger partial charge in [0, 0.05) is 75.9 Å². The van der Waals surface area contributed by atoms with Crippen molar-refractivity contribution in [1.29, 1.82) is 0 Å². The maximum Gasteiger partial charge on any atom is 0.305 e. The number of nitrogens with zero attached hydrogens (tertiary/aromatic N) is 2. The highest BCUT2D eigenvalue weighted by molar-refractivity contribution is 6.15. The standard InChI is InChI=1S/C33H38N4O4/c1-7-20-15(2)24-14-28-31(18(5)38)17(4)26(36-28)13-25-16(3)21(8-9-30(40)41-6)32(37-25)23-12-29(39)22-10-19(34-33(22)23)11-27(20)35-24/h10-11,13-16,20-22,33-34,36H,7-9,12H2,1-6H3/b26-13-,27-11-,28-14-,32-23-/t15-,16+,20-,21+,22?,33?/m1/s1. The van der Waals surface area contributed by atoms with Gasteiger partial charge in [-0.3, -0.25) is 24.4 Å². The molecule has 0 aromatic carbocycles. The van der Waals surface area contributed by atoms with Gasteiger partial charge in [0.05, 0.1) is 24.4 Å². The van der Waals surface area contributed by atoms with Crippen LogP contribution in [0.15, 0.2) is 44.8 Å². The van der Waals surface area contributed by atoms with Gasteiger partial charge in [0.15, 0.2) is 5.78 Å². The number of H-pyrrole nitrogens is 1. The molecular formula is C33H38N4O4. The maximum absolute atomic E-state index is 13.3. The first-order valence-corrected chi connectivity index (χ1v) is 14.7. The minimum atomic E-state index is -0.255. The molecule has 8 heteroatoms. The van der Waals surface area contributed by atoms with E-state index in [9.17, 15) is 14.4 Å². The van der Waals surface area contributed by atoms with Crippen LogP contribution >= 0.6 is 0 Å². The lowest BCUT2D eigenvalue weighted by molar-refractivity contribution is -0.140. The molecule has 2 N–H and O–H groups in total. The van der Waals surface area contributed by atoms with Crippen molar-refractivity contribution in [1.82, 2.24) is 10.3 Å². The molecule has 6 atom stereocenters. The average Bonchev–Trinajstić information content (AvgIpc) is 3.70. The molecule has 1 saturated carbocycles. The van der Waals surface area contributed by atoms with Crippen molar-refractivity contribution >= 4 is 41.1 Å². The number of carbonyl (C=O) groups is 3. The molecule has 6 rings (SSSR count). The van der Waals surface area contributed by atoms with Crippen molar-refractivity contribution in [2.45, 2.75) is 66.3 Å². The average molecular weight is 555 g/mol. The number of aromatic amines is 1. The molecule has 41 heavy (non-hydrogen) atoms. The number of allylic oxidation sites excluding steroid dienone is 3. The maximum atomic E-state index is 13.3. The van der Waals surface area contributed by atoms with Gasteiger partial charge >= 0.3 is 5.97 Å². The molecular weight excluding hydrogens is 516 g/mol. The molecule has 1 fully saturated rings. The number of Topliss-reactive ketones (excluding diaryl/α,β-unsaturated/α-hetero) is 2. The van der Waals surface area contributed by atoms with Crippen LogP contribution in [-0.4, -0.2) is 47.1 Å². The number of ketones is 2. The summed E-state index contributed by atoms with van der Waals surface area (Å²) in [5.74, 6) is 0.114. The number of hydrogen-bond acceptors (Lipinski definition) is 7. The molecule has 214 valence electrons. The Morgan fingerprint density at radius 3 is 2.46 bits per heavy atom. The van der Waals surface area contributed by atoms with Crippen molar-refractivity contribution in [2.75, 3.05) is 7.11 Å². The molecule has 0 spiro atoms. The Bertz CT molecular complexity index is 1650. The van der Waals surface area contributed by atoms with Crippen LogP contribution in [0, 0.1) is 36.5 Å². The molecule has 2 unspecified atom stereocenters. The summed E-state index contributed by atoms with van der Waals surface area (Å²) < 4.78 is 4.95. The van der Waals surface area contributed by atoms with Crippen LogP contribution in [0.25, 0.3) is 12.2 Å². The lowest BCUT2D eigenvalue weighted by Crippen LogP contribution is -2.28. The monoisotopic (exact) mass is 554 g/mol. The summed E-state index contributed by atoms with van der Waals surface area (Å²) >= 11 is 0. The van der Waals surface area contributed by atoms with Crippen LogP contribution in [0.5, 0.6) is 0 Å². The quantitative estimate of drug-likeness (QED) is 0.428.